The van der Waals surface area contributed by atoms with Gasteiger partial charge in [0.05, 0.1) is 6.54 Å². The summed E-state index contributed by atoms with van der Waals surface area (Å²) in [6.07, 6.45) is 3.52. The first-order valence-electron chi connectivity index (χ1n) is 10.0. The standard InChI is InChI=1S/C24H29N3O2/c1-18-8-6-10-22(20(18)3)25-23(28)17-26-13-15-27(16-14-26)24(29)12-11-21-9-5-4-7-19(21)2/h4-12H,13-17H2,1-3H3,(H,25,28). The predicted molar refractivity (Wildman–Crippen MR) is 118 cm³/mol. The van der Waals surface area contributed by atoms with Crippen molar-refractivity contribution >= 4 is 23.6 Å². The van der Waals surface area contributed by atoms with Crippen molar-refractivity contribution in [3.05, 3.63) is 70.8 Å². The van der Waals surface area contributed by atoms with Crippen molar-refractivity contribution in [1.29, 1.82) is 0 Å². The molecule has 0 aliphatic carbocycles. The Morgan fingerprint density at radius 2 is 1.62 bits per heavy atom. The highest BCUT2D eigenvalue weighted by molar-refractivity contribution is 5.93. The number of anilines is 1. The third-order valence-electron chi connectivity index (χ3n) is 5.52. The Bertz CT molecular complexity index is 912. The number of hydrogen-bond donors (Lipinski definition) is 1. The summed E-state index contributed by atoms with van der Waals surface area (Å²) in [5.74, 6) is 0.00525. The van der Waals surface area contributed by atoms with E-state index in [2.05, 4.69) is 10.2 Å². The van der Waals surface area contributed by atoms with Crippen molar-refractivity contribution < 1.29 is 9.59 Å². The first-order valence-corrected chi connectivity index (χ1v) is 10.0. The van der Waals surface area contributed by atoms with E-state index in [0.717, 1.165) is 27.9 Å². The molecule has 152 valence electrons. The van der Waals surface area contributed by atoms with Gasteiger partial charge in [0.25, 0.3) is 0 Å². The molecule has 3 rings (SSSR count). The van der Waals surface area contributed by atoms with Gasteiger partial charge in [-0.05, 0) is 55.2 Å². The van der Waals surface area contributed by atoms with Crippen LogP contribution in [0.15, 0.2) is 48.5 Å². The SMILES string of the molecule is Cc1ccccc1C=CC(=O)N1CCN(CC(=O)Nc2cccc(C)c2C)CC1. The molecule has 1 heterocycles. The van der Waals surface area contributed by atoms with Gasteiger partial charge >= 0.3 is 0 Å². The molecule has 1 aliphatic heterocycles. The monoisotopic (exact) mass is 391 g/mol. The van der Waals surface area contributed by atoms with Crippen molar-refractivity contribution in [3.8, 4) is 0 Å². The number of amides is 2. The number of nitrogens with one attached hydrogen (secondary N) is 1. The molecule has 2 amide bonds. The highest BCUT2D eigenvalue weighted by Crippen LogP contribution is 2.18. The molecule has 0 unspecified atom stereocenters. The molecular formula is C24H29N3O2. The third-order valence-corrected chi connectivity index (χ3v) is 5.52. The maximum Gasteiger partial charge on any atom is 0.246 e. The van der Waals surface area contributed by atoms with E-state index in [0.29, 0.717) is 32.7 Å². The Morgan fingerprint density at radius 1 is 0.931 bits per heavy atom. The van der Waals surface area contributed by atoms with Crippen LogP contribution in [0.25, 0.3) is 6.08 Å². The van der Waals surface area contributed by atoms with E-state index in [9.17, 15) is 9.59 Å². The Labute approximate surface area is 173 Å². The quantitative estimate of drug-likeness (QED) is 0.795. The summed E-state index contributed by atoms with van der Waals surface area (Å²) in [4.78, 5) is 28.8. The van der Waals surface area contributed by atoms with Gasteiger partial charge in [-0.1, -0.05) is 36.4 Å². The fourth-order valence-electron chi connectivity index (χ4n) is 3.45. The second-order valence-corrected chi connectivity index (χ2v) is 7.59. The Morgan fingerprint density at radius 3 is 2.34 bits per heavy atom. The zero-order valence-corrected chi connectivity index (χ0v) is 17.4. The van der Waals surface area contributed by atoms with Crippen molar-refractivity contribution in [2.24, 2.45) is 0 Å². The molecule has 5 heteroatoms. The smallest absolute Gasteiger partial charge is 0.246 e. The van der Waals surface area contributed by atoms with Crippen molar-refractivity contribution in [2.75, 3.05) is 38.0 Å². The molecule has 1 saturated heterocycles. The zero-order chi connectivity index (χ0) is 20.8. The second-order valence-electron chi connectivity index (χ2n) is 7.59. The van der Waals surface area contributed by atoms with Gasteiger partial charge in [0.15, 0.2) is 0 Å². The van der Waals surface area contributed by atoms with Gasteiger partial charge in [0, 0.05) is 37.9 Å². The largest absolute Gasteiger partial charge is 0.337 e. The summed E-state index contributed by atoms with van der Waals surface area (Å²) >= 11 is 0. The number of rotatable bonds is 5. The third kappa shape index (κ3) is 5.55. The maximum absolute atomic E-state index is 12.5. The predicted octanol–water partition coefficient (Wildman–Crippen LogP) is 3.41. The molecule has 0 radical (unpaired) electrons. The lowest BCUT2D eigenvalue weighted by Gasteiger charge is -2.33. The molecule has 1 N–H and O–H groups in total. The molecule has 1 fully saturated rings. The second kappa shape index (κ2) is 9.52. The summed E-state index contributed by atoms with van der Waals surface area (Å²) in [5, 5.41) is 3.00. The number of piperazine rings is 1. The van der Waals surface area contributed by atoms with E-state index in [-0.39, 0.29) is 11.8 Å². The average molecular weight is 392 g/mol. The van der Waals surface area contributed by atoms with Crippen molar-refractivity contribution in [2.45, 2.75) is 20.8 Å². The number of hydrogen-bond acceptors (Lipinski definition) is 3. The number of aryl methyl sites for hydroxylation is 2. The average Bonchev–Trinajstić information content (AvgIpc) is 2.71. The fraction of sp³-hybridized carbons (Fsp3) is 0.333. The van der Waals surface area contributed by atoms with Crippen LogP contribution in [0.1, 0.15) is 22.3 Å². The van der Waals surface area contributed by atoms with Crippen LogP contribution in [-0.4, -0.2) is 54.3 Å². The molecule has 5 nitrogen and oxygen atoms in total. The van der Waals surface area contributed by atoms with Gasteiger partial charge in [0.1, 0.15) is 0 Å². The number of benzene rings is 2. The van der Waals surface area contributed by atoms with Gasteiger partial charge < -0.3 is 10.2 Å². The summed E-state index contributed by atoms with van der Waals surface area (Å²) in [7, 11) is 0. The van der Waals surface area contributed by atoms with Gasteiger partial charge in [-0.15, -0.1) is 0 Å². The van der Waals surface area contributed by atoms with E-state index < -0.39 is 0 Å². The number of carbonyl (C=O) groups is 2. The van der Waals surface area contributed by atoms with E-state index in [1.165, 1.54) is 0 Å². The topological polar surface area (TPSA) is 52.7 Å². The highest BCUT2D eigenvalue weighted by atomic mass is 16.2. The molecule has 29 heavy (non-hydrogen) atoms. The van der Waals surface area contributed by atoms with Gasteiger partial charge in [-0.2, -0.15) is 0 Å². The highest BCUT2D eigenvalue weighted by Gasteiger charge is 2.21. The van der Waals surface area contributed by atoms with Crippen LogP contribution in [0.2, 0.25) is 0 Å². The van der Waals surface area contributed by atoms with Crippen LogP contribution in [0.3, 0.4) is 0 Å². The summed E-state index contributed by atoms with van der Waals surface area (Å²) in [6, 6.07) is 13.9. The molecule has 2 aromatic rings. The Balaban J connectivity index is 1.47. The summed E-state index contributed by atoms with van der Waals surface area (Å²) in [5.41, 5.74) is 5.33. The van der Waals surface area contributed by atoms with Gasteiger partial charge in [-0.25, -0.2) is 0 Å². The summed E-state index contributed by atoms with van der Waals surface area (Å²) in [6.45, 7) is 9.09. The molecule has 0 aromatic heterocycles. The molecule has 0 atom stereocenters. The number of carbonyl (C=O) groups excluding carboxylic acids is 2. The van der Waals surface area contributed by atoms with Crippen LogP contribution in [-0.2, 0) is 9.59 Å². The van der Waals surface area contributed by atoms with Crippen LogP contribution in [0.4, 0.5) is 5.69 Å². The Hall–Kier alpha value is -2.92. The van der Waals surface area contributed by atoms with Crippen LogP contribution < -0.4 is 5.32 Å². The van der Waals surface area contributed by atoms with Crippen molar-refractivity contribution in [3.63, 3.8) is 0 Å². The lowest BCUT2D eigenvalue weighted by molar-refractivity contribution is -0.127. The zero-order valence-electron chi connectivity index (χ0n) is 17.4. The minimum Gasteiger partial charge on any atom is -0.337 e. The van der Waals surface area contributed by atoms with Crippen LogP contribution >= 0.6 is 0 Å². The minimum absolute atomic E-state index is 0.0158. The molecule has 0 bridgehead atoms. The van der Waals surface area contributed by atoms with Crippen LogP contribution in [0, 0.1) is 20.8 Å². The first-order chi connectivity index (χ1) is 13.9. The minimum atomic E-state index is -0.0158. The first kappa shape index (κ1) is 20.8. The van der Waals surface area contributed by atoms with Gasteiger partial charge in [-0.3, -0.25) is 14.5 Å². The molecule has 2 aromatic carbocycles. The van der Waals surface area contributed by atoms with E-state index in [1.54, 1.807) is 6.08 Å². The maximum atomic E-state index is 12.5. The van der Waals surface area contributed by atoms with E-state index in [4.69, 9.17) is 0 Å². The molecule has 0 saturated carbocycles. The molecule has 0 spiro atoms. The van der Waals surface area contributed by atoms with E-state index in [1.807, 2.05) is 74.2 Å². The van der Waals surface area contributed by atoms with Gasteiger partial charge in [0.2, 0.25) is 11.8 Å². The number of nitrogens with zero attached hydrogens (tertiary/aromatic N) is 2. The fourth-order valence-corrected chi connectivity index (χ4v) is 3.45. The Kier molecular flexibility index (Phi) is 6.83. The van der Waals surface area contributed by atoms with Crippen molar-refractivity contribution in [1.82, 2.24) is 9.80 Å². The van der Waals surface area contributed by atoms with E-state index >= 15 is 0 Å². The molecule has 1 aliphatic rings. The van der Waals surface area contributed by atoms with Crippen LogP contribution in [0.5, 0.6) is 0 Å². The summed E-state index contributed by atoms with van der Waals surface area (Å²) < 4.78 is 0. The molecular weight excluding hydrogens is 362 g/mol. The lowest BCUT2D eigenvalue weighted by Crippen LogP contribution is -2.50. The normalized spacial score (nSPS) is 14.9. The lowest BCUT2D eigenvalue weighted by atomic mass is 10.1.